The second-order valence-electron chi connectivity index (χ2n) is 6.45. The van der Waals surface area contributed by atoms with Crippen LogP contribution in [0.4, 0.5) is 0 Å². The number of aliphatic hydroxyl groups is 1. The largest absolute Gasteiger partial charge is 0.489 e. The topological polar surface area (TPSA) is 41.5 Å². The molecule has 3 nitrogen and oxygen atoms in total. The molecule has 0 fully saturated rings. The summed E-state index contributed by atoms with van der Waals surface area (Å²) in [5, 5.41) is 13.8. The molecule has 0 aliphatic rings. The molecule has 142 valence electrons. The Morgan fingerprint density at radius 3 is 2.19 bits per heavy atom. The molecule has 0 aliphatic carbocycles. The molecule has 0 bridgehead atoms. The molecule has 0 aromatic heterocycles. The zero-order chi connectivity index (χ0) is 18.2. The van der Waals surface area contributed by atoms with Crippen molar-refractivity contribution in [3.05, 3.63) is 102 Å². The van der Waals surface area contributed by atoms with Gasteiger partial charge in [0.05, 0.1) is 6.10 Å². The van der Waals surface area contributed by atoms with Crippen LogP contribution in [0.5, 0.6) is 5.75 Å². The van der Waals surface area contributed by atoms with Gasteiger partial charge in [-0.1, -0.05) is 72.8 Å². The summed E-state index contributed by atoms with van der Waals surface area (Å²) in [6, 6.07) is 27.9. The minimum Gasteiger partial charge on any atom is -0.489 e. The van der Waals surface area contributed by atoms with Gasteiger partial charge in [0, 0.05) is 12.6 Å². The van der Waals surface area contributed by atoms with Crippen LogP contribution in [0, 0.1) is 0 Å². The first kappa shape index (κ1) is 21.0. The average molecular weight is 384 g/mol. The van der Waals surface area contributed by atoms with E-state index in [-0.39, 0.29) is 18.4 Å². The lowest BCUT2D eigenvalue weighted by Crippen LogP contribution is -2.31. The first-order chi connectivity index (χ1) is 12.7. The van der Waals surface area contributed by atoms with E-state index >= 15 is 0 Å². The fraction of sp³-hybridized carbons (Fsp3) is 0.217. The van der Waals surface area contributed by atoms with Crippen LogP contribution in [0.3, 0.4) is 0 Å². The molecule has 3 rings (SSSR count). The Balaban J connectivity index is 0.00000261. The van der Waals surface area contributed by atoms with Crippen molar-refractivity contribution in [1.29, 1.82) is 0 Å². The van der Waals surface area contributed by atoms with Gasteiger partial charge >= 0.3 is 0 Å². The summed E-state index contributed by atoms with van der Waals surface area (Å²) in [4.78, 5) is 0. The van der Waals surface area contributed by atoms with Gasteiger partial charge in [-0.2, -0.15) is 0 Å². The van der Waals surface area contributed by atoms with Gasteiger partial charge in [0.1, 0.15) is 12.4 Å². The summed E-state index contributed by atoms with van der Waals surface area (Å²) < 4.78 is 5.88. The molecule has 27 heavy (non-hydrogen) atoms. The molecule has 0 heterocycles. The maximum atomic E-state index is 10.4. The molecule has 2 N–H and O–H groups in total. The molecule has 0 aliphatic heterocycles. The minimum atomic E-state index is -0.534. The predicted octanol–water partition coefficient (Wildman–Crippen LogP) is 4.90. The van der Waals surface area contributed by atoms with E-state index in [1.807, 2.05) is 73.7 Å². The number of nitrogens with one attached hydrogen (secondary N) is 1. The number of ether oxygens (including phenoxy) is 1. The number of aliphatic hydroxyl groups excluding tert-OH is 1. The second-order valence-corrected chi connectivity index (χ2v) is 6.45. The highest BCUT2D eigenvalue weighted by Crippen LogP contribution is 2.18. The van der Waals surface area contributed by atoms with E-state index in [4.69, 9.17) is 4.74 Å². The third-order valence-corrected chi connectivity index (χ3v) is 4.39. The van der Waals surface area contributed by atoms with E-state index in [0.29, 0.717) is 13.2 Å². The second kappa shape index (κ2) is 10.7. The maximum absolute atomic E-state index is 10.4. The van der Waals surface area contributed by atoms with Gasteiger partial charge in [-0.25, -0.2) is 0 Å². The van der Waals surface area contributed by atoms with E-state index in [0.717, 1.165) is 22.4 Å². The first-order valence-corrected chi connectivity index (χ1v) is 8.94. The standard InChI is InChI=1S/C23H25NO2.ClH/c1-18(23(25)21-12-6-3-7-13-21)24-16-20-11-8-14-22(15-20)26-17-19-9-4-2-5-10-19;/h2-15,18,23-25H,16-17H2,1H3;1H. The Bertz CT molecular complexity index is 796. The zero-order valence-corrected chi connectivity index (χ0v) is 16.2. The summed E-state index contributed by atoms with van der Waals surface area (Å²) in [5.41, 5.74) is 3.20. The molecule has 3 aromatic rings. The Kier molecular flexibility index (Phi) is 8.34. The molecule has 0 saturated carbocycles. The van der Waals surface area contributed by atoms with Gasteiger partial charge in [0.25, 0.3) is 0 Å². The van der Waals surface area contributed by atoms with Crippen LogP contribution < -0.4 is 10.1 Å². The number of hydrogen-bond donors (Lipinski definition) is 2. The van der Waals surface area contributed by atoms with Gasteiger partial charge in [-0.15, -0.1) is 12.4 Å². The number of hydrogen-bond acceptors (Lipinski definition) is 3. The van der Waals surface area contributed by atoms with Crippen LogP contribution in [0.15, 0.2) is 84.9 Å². The van der Waals surface area contributed by atoms with Crippen molar-refractivity contribution in [2.24, 2.45) is 0 Å². The molecule has 0 saturated heterocycles. The van der Waals surface area contributed by atoms with Crippen molar-refractivity contribution < 1.29 is 9.84 Å². The number of halogens is 1. The Morgan fingerprint density at radius 2 is 1.48 bits per heavy atom. The van der Waals surface area contributed by atoms with Crippen molar-refractivity contribution in [3.63, 3.8) is 0 Å². The molecule has 4 heteroatoms. The van der Waals surface area contributed by atoms with Crippen LogP contribution in [0.1, 0.15) is 29.7 Å². The van der Waals surface area contributed by atoms with Crippen molar-refractivity contribution >= 4 is 12.4 Å². The summed E-state index contributed by atoms with van der Waals surface area (Å²) in [6.07, 6.45) is -0.534. The molecule has 2 unspecified atom stereocenters. The monoisotopic (exact) mass is 383 g/mol. The van der Waals surface area contributed by atoms with E-state index in [1.165, 1.54) is 0 Å². The van der Waals surface area contributed by atoms with Crippen molar-refractivity contribution in [2.45, 2.75) is 32.2 Å². The highest BCUT2D eigenvalue weighted by atomic mass is 35.5. The lowest BCUT2D eigenvalue weighted by Gasteiger charge is -2.21. The predicted molar refractivity (Wildman–Crippen MR) is 112 cm³/mol. The van der Waals surface area contributed by atoms with Gasteiger partial charge in [0.15, 0.2) is 0 Å². The van der Waals surface area contributed by atoms with E-state index in [2.05, 4.69) is 23.5 Å². The Morgan fingerprint density at radius 1 is 0.852 bits per heavy atom. The maximum Gasteiger partial charge on any atom is 0.120 e. The minimum absolute atomic E-state index is 0. The van der Waals surface area contributed by atoms with Gasteiger partial charge < -0.3 is 15.2 Å². The summed E-state index contributed by atoms with van der Waals surface area (Å²) in [6.45, 7) is 3.22. The number of benzene rings is 3. The van der Waals surface area contributed by atoms with E-state index in [9.17, 15) is 5.11 Å². The van der Waals surface area contributed by atoms with Crippen LogP contribution in [-0.2, 0) is 13.2 Å². The van der Waals surface area contributed by atoms with E-state index in [1.54, 1.807) is 0 Å². The molecule has 0 spiro atoms. The van der Waals surface area contributed by atoms with Gasteiger partial charge in [-0.05, 0) is 35.7 Å². The third kappa shape index (κ3) is 6.40. The molecular weight excluding hydrogens is 358 g/mol. The molecular formula is C23H26ClNO2. The van der Waals surface area contributed by atoms with Gasteiger partial charge in [0.2, 0.25) is 0 Å². The molecule has 2 atom stereocenters. The lowest BCUT2D eigenvalue weighted by atomic mass is 10.0. The summed E-state index contributed by atoms with van der Waals surface area (Å²) in [7, 11) is 0. The van der Waals surface area contributed by atoms with Crippen LogP contribution in [-0.4, -0.2) is 11.1 Å². The number of rotatable bonds is 8. The van der Waals surface area contributed by atoms with Crippen LogP contribution in [0.2, 0.25) is 0 Å². The molecule has 0 radical (unpaired) electrons. The lowest BCUT2D eigenvalue weighted by molar-refractivity contribution is 0.135. The van der Waals surface area contributed by atoms with Crippen molar-refractivity contribution in [3.8, 4) is 5.75 Å². The zero-order valence-electron chi connectivity index (χ0n) is 15.4. The first-order valence-electron chi connectivity index (χ1n) is 8.94. The SMILES string of the molecule is CC(NCc1cccc(OCc2ccccc2)c1)C(O)c1ccccc1.Cl. The summed E-state index contributed by atoms with van der Waals surface area (Å²) in [5.74, 6) is 0.851. The molecule has 3 aromatic carbocycles. The van der Waals surface area contributed by atoms with Crippen molar-refractivity contribution in [2.75, 3.05) is 0 Å². The Hall–Kier alpha value is -2.33. The quantitative estimate of drug-likeness (QED) is 0.581. The van der Waals surface area contributed by atoms with Gasteiger partial charge in [-0.3, -0.25) is 0 Å². The van der Waals surface area contributed by atoms with E-state index < -0.39 is 6.10 Å². The summed E-state index contributed by atoms with van der Waals surface area (Å²) >= 11 is 0. The average Bonchev–Trinajstić information content (AvgIpc) is 2.71. The smallest absolute Gasteiger partial charge is 0.120 e. The van der Waals surface area contributed by atoms with Crippen LogP contribution >= 0.6 is 12.4 Å². The molecule has 0 amide bonds. The fourth-order valence-corrected chi connectivity index (χ4v) is 2.82. The fourth-order valence-electron chi connectivity index (χ4n) is 2.82. The highest BCUT2D eigenvalue weighted by Gasteiger charge is 2.15. The van der Waals surface area contributed by atoms with Crippen LogP contribution in [0.25, 0.3) is 0 Å². The third-order valence-electron chi connectivity index (χ3n) is 4.39. The Labute approximate surface area is 167 Å². The highest BCUT2D eigenvalue weighted by molar-refractivity contribution is 5.85. The normalized spacial score (nSPS) is 12.7. The van der Waals surface area contributed by atoms with Crippen molar-refractivity contribution in [1.82, 2.24) is 5.32 Å².